The van der Waals surface area contributed by atoms with Crippen molar-refractivity contribution in [2.75, 3.05) is 18.4 Å². The summed E-state index contributed by atoms with van der Waals surface area (Å²) >= 11 is 0. The summed E-state index contributed by atoms with van der Waals surface area (Å²) < 4.78 is 39.8. The zero-order chi connectivity index (χ0) is 21.5. The average molecular weight is 413 g/mol. The second-order valence-corrected chi connectivity index (χ2v) is 7.53. The van der Waals surface area contributed by atoms with Crippen LogP contribution < -0.4 is 5.32 Å². The maximum atomic E-state index is 13.3. The number of fused-ring (bicyclic) bond motifs is 2. The van der Waals surface area contributed by atoms with Gasteiger partial charge in [-0.2, -0.15) is 13.2 Å². The highest BCUT2D eigenvalue weighted by atomic mass is 19.4. The maximum Gasteiger partial charge on any atom is 0.416 e. The summed E-state index contributed by atoms with van der Waals surface area (Å²) in [5, 5.41) is 3.39. The van der Waals surface area contributed by atoms with Crippen LogP contribution in [0.25, 0.3) is 10.9 Å². The molecule has 0 saturated heterocycles. The molecule has 2 aromatic carbocycles. The van der Waals surface area contributed by atoms with Gasteiger partial charge in [-0.1, -0.05) is 31.2 Å². The molecular weight excluding hydrogens is 391 g/mol. The Balaban J connectivity index is 1.79. The Labute approximate surface area is 172 Å². The summed E-state index contributed by atoms with van der Waals surface area (Å²) in [5.74, 6) is -0.417. The predicted molar refractivity (Wildman–Crippen MR) is 111 cm³/mol. The number of aryl methyl sites for hydroxylation is 1. The molecular formula is C23H22F3N3O. The highest BCUT2D eigenvalue weighted by Crippen LogP contribution is 2.34. The lowest BCUT2D eigenvalue weighted by Crippen LogP contribution is -2.33. The summed E-state index contributed by atoms with van der Waals surface area (Å²) in [6, 6.07) is 11.2. The quantitative estimate of drug-likeness (QED) is 0.643. The number of hydrogen-bond donors (Lipinski definition) is 1. The van der Waals surface area contributed by atoms with Crippen LogP contribution in [-0.2, 0) is 19.1 Å². The van der Waals surface area contributed by atoms with Crippen molar-refractivity contribution < 1.29 is 18.0 Å². The van der Waals surface area contributed by atoms with E-state index in [-0.39, 0.29) is 11.3 Å². The van der Waals surface area contributed by atoms with Crippen LogP contribution in [0.15, 0.2) is 42.5 Å². The molecule has 2 heterocycles. The lowest BCUT2D eigenvalue weighted by Gasteiger charge is -2.29. The Morgan fingerprint density at radius 3 is 2.70 bits per heavy atom. The first kappa shape index (κ1) is 20.3. The van der Waals surface area contributed by atoms with E-state index in [0.29, 0.717) is 23.0 Å². The van der Waals surface area contributed by atoms with Crippen molar-refractivity contribution >= 4 is 22.5 Å². The first-order valence-corrected chi connectivity index (χ1v) is 9.90. The fourth-order valence-electron chi connectivity index (χ4n) is 3.97. The van der Waals surface area contributed by atoms with E-state index in [9.17, 15) is 18.0 Å². The zero-order valence-electron chi connectivity index (χ0n) is 16.8. The van der Waals surface area contributed by atoms with Crippen LogP contribution >= 0.6 is 0 Å². The first-order valence-electron chi connectivity index (χ1n) is 9.90. The maximum absolute atomic E-state index is 13.3. The number of aromatic nitrogens is 1. The molecule has 0 saturated carbocycles. The zero-order valence-corrected chi connectivity index (χ0v) is 16.8. The molecule has 4 rings (SSSR count). The second kappa shape index (κ2) is 7.72. The van der Waals surface area contributed by atoms with Crippen molar-refractivity contribution in [2.24, 2.45) is 0 Å². The smallest absolute Gasteiger partial charge is 0.322 e. The van der Waals surface area contributed by atoms with E-state index in [0.717, 1.165) is 36.8 Å². The lowest BCUT2D eigenvalue weighted by molar-refractivity contribution is -0.138. The number of benzene rings is 2. The minimum atomic E-state index is -4.48. The Morgan fingerprint density at radius 2 is 1.97 bits per heavy atom. The average Bonchev–Trinajstić information content (AvgIpc) is 2.72. The molecule has 0 atom stereocenters. The number of para-hydroxylation sites is 1. The monoisotopic (exact) mass is 413 g/mol. The van der Waals surface area contributed by atoms with Gasteiger partial charge in [-0.3, -0.25) is 14.7 Å². The number of pyridine rings is 1. The van der Waals surface area contributed by atoms with Gasteiger partial charge in [-0.05, 0) is 37.2 Å². The Morgan fingerprint density at radius 1 is 1.20 bits per heavy atom. The summed E-state index contributed by atoms with van der Waals surface area (Å²) in [4.78, 5) is 20.3. The molecule has 3 aromatic rings. The van der Waals surface area contributed by atoms with Gasteiger partial charge in [0.1, 0.15) is 0 Å². The second-order valence-electron chi connectivity index (χ2n) is 7.53. The molecule has 156 valence electrons. The third-order valence-corrected chi connectivity index (χ3v) is 5.60. The predicted octanol–water partition coefficient (Wildman–Crippen LogP) is 5.19. The van der Waals surface area contributed by atoms with Gasteiger partial charge in [-0.15, -0.1) is 0 Å². The van der Waals surface area contributed by atoms with Gasteiger partial charge in [0.05, 0.1) is 16.6 Å². The molecule has 1 N–H and O–H groups in total. The van der Waals surface area contributed by atoms with Gasteiger partial charge < -0.3 is 5.32 Å². The van der Waals surface area contributed by atoms with Crippen LogP contribution in [0.5, 0.6) is 0 Å². The standard InChI is InChI=1S/C23H22F3N3O/c1-3-29-11-10-20-17(13-29)21(16-6-4-5-7-19(16)28-20)22(30)27-15-9-8-14(2)18(12-15)23(24,25)26/h4-9,12H,3,10-11,13H2,1-2H3,(H,27,30). The minimum Gasteiger partial charge on any atom is -0.322 e. The summed E-state index contributed by atoms with van der Waals surface area (Å²) in [6.07, 6.45) is -3.74. The van der Waals surface area contributed by atoms with E-state index in [1.807, 2.05) is 24.3 Å². The van der Waals surface area contributed by atoms with Crippen LogP contribution in [0.2, 0.25) is 0 Å². The van der Waals surface area contributed by atoms with E-state index in [2.05, 4.69) is 17.1 Å². The number of nitrogens with one attached hydrogen (secondary N) is 1. The number of carbonyl (C=O) groups excluding carboxylic acids is 1. The molecule has 1 amide bonds. The largest absolute Gasteiger partial charge is 0.416 e. The SMILES string of the molecule is CCN1CCc2nc3ccccc3c(C(=O)Nc3ccc(C)c(C(F)(F)F)c3)c2C1. The number of carbonyl (C=O) groups is 1. The van der Waals surface area contributed by atoms with Crippen LogP contribution in [0, 0.1) is 6.92 Å². The molecule has 30 heavy (non-hydrogen) atoms. The molecule has 1 aliphatic rings. The number of halogens is 3. The summed E-state index contributed by atoms with van der Waals surface area (Å²) in [7, 11) is 0. The van der Waals surface area contributed by atoms with E-state index in [4.69, 9.17) is 4.98 Å². The van der Waals surface area contributed by atoms with Crippen molar-refractivity contribution in [3.63, 3.8) is 0 Å². The summed E-state index contributed by atoms with van der Waals surface area (Å²) in [5.41, 5.74) is 2.42. The number of nitrogens with zero attached hydrogens (tertiary/aromatic N) is 2. The van der Waals surface area contributed by atoms with Gasteiger partial charge in [0, 0.05) is 41.8 Å². The fourth-order valence-corrected chi connectivity index (χ4v) is 3.97. The molecule has 0 unspecified atom stereocenters. The lowest BCUT2D eigenvalue weighted by atomic mass is 9.95. The third-order valence-electron chi connectivity index (χ3n) is 5.60. The van der Waals surface area contributed by atoms with Crippen molar-refractivity contribution in [2.45, 2.75) is 33.0 Å². The molecule has 0 fully saturated rings. The molecule has 0 radical (unpaired) electrons. The van der Waals surface area contributed by atoms with Crippen molar-refractivity contribution in [1.82, 2.24) is 9.88 Å². The Hall–Kier alpha value is -2.93. The third kappa shape index (κ3) is 3.77. The van der Waals surface area contributed by atoms with Crippen LogP contribution in [0.4, 0.5) is 18.9 Å². The van der Waals surface area contributed by atoms with E-state index < -0.39 is 17.6 Å². The molecule has 4 nitrogen and oxygen atoms in total. The Kier molecular flexibility index (Phi) is 5.24. The number of alkyl halides is 3. The molecule has 7 heteroatoms. The van der Waals surface area contributed by atoms with Crippen molar-refractivity contribution in [3.8, 4) is 0 Å². The molecule has 0 bridgehead atoms. The van der Waals surface area contributed by atoms with Gasteiger partial charge in [-0.25, -0.2) is 0 Å². The topological polar surface area (TPSA) is 45.2 Å². The molecule has 0 spiro atoms. The van der Waals surface area contributed by atoms with Crippen LogP contribution in [0.1, 0.15) is 39.7 Å². The van der Waals surface area contributed by atoms with Crippen LogP contribution in [0.3, 0.4) is 0 Å². The number of hydrogen-bond acceptors (Lipinski definition) is 3. The van der Waals surface area contributed by atoms with Gasteiger partial charge in [0.2, 0.25) is 0 Å². The van der Waals surface area contributed by atoms with E-state index >= 15 is 0 Å². The fraction of sp³-hybridized carbons (Fsp3) is 0.304. The van der Waals surface area contributed by atoms with E-state index in [1.165, 1.54) is 19.1 Å². The molecule has 0 aliphatic carbocycles. The van der Waals surface area contributed by atoms with Gasteiger partial charge in [0.15, 0.2) is 0 Å². The highest BCUT2D eigenvalue weighted by molar-refractivity contribution is 6.13. The molecule has 1 aliphatic heterocycles. The van der Waals surface area contributed by atoms with Crippen LogP contribution in [-0.4, -0.2) is 28.9 Å². The van der Waals surface area contributed by atoms with Gasteiger partial charge in [0.25, 0.3) is 5.91 Å². The number of amides is 1. The Bertz CT molecular complexity index is 1120. The normalized spacial score (nSPS) is 14.6. The molecule has 1 aromatic heterocycles. The first-order chi connectivity index (χ1) is 14.3. The number of rotatable bonds is 3. The van der Waals surface area contributed by atoms with E-state index in [1.54, 1.807) is 0 Å². The number of anilines is 1. The minimum absolute atomic E-state index is 0.117. The van der Waals surface area contributed by atoms with Crippen molar-refractivity contribution in [3.05, 3.63) is 70.4 Å². The highest BCUT2D eigenvalue weighted by Gasteiger charge is 2.33. The van der Waals surface area contributed by atoms with Crippen molar-refractivity contribution in [1.29, 1.82) is 0 Å². The summed E-state index contributed by atoms with van der Waals surface area (Å²) in [6.45, 7) is 5.77. The van der Waals surface area contributed by atoms with Gasteiger partial charge >= 0.3 is 6.18 Å². The number of likely N-dealkylation sites (N-methyl/N-ethyl adjacent to an activating group) is 1.